The van der Waals surface area contributed by atoms with Crippen LogP contribution in [0.5, 0.6) is 0 Å². The lowest BCUT2D eigenvalue weighted by Gasteiger charge is -2.10. The topological polar surface area (TPSA) is 112 Å². The normalized spacial score (nSPS) is 13.9. The van der Waals surface area contributed by atoms with E-state index in [1.807, 2.05) is 0 Å². The van der Waals surface area contributed by atoms with E-state index in [0.29, 0.717) is 18.5 Å². The van der Waals surface area contributed by atoms with Crippen molar-refractivity contribution in [2.24, 2.45) is 14.1 Å². The molecular formula is C21H25F3N8O2. The maximum Gasteiger partial charge on any atom is 0.435 e. The van der Waals surface area contributed by atoms with Crippen LogP contribution in [0, 0.1) is 0 Å². The van der Waals surface area contributed by atoms with Crippen molar-refractivity contribution >= 4 is 17.5 Å². The van der Waals surface area contributed by atoms with Gasteiger partial charge in [0.1, 0.15) is 12.2 Å². The smallest absolute Gasteiger partial charge is 0.346 e. The second-order valence-electron chi connectivity index (χ2n) is 8.27. The summed E-state index contributed by atoms with van der Waals surface area (Å²) in [5, 5.41) is 17.1. The van der Waals surface area contributed by atoms with Crippen LogP contribution in [0.4, 0.5) is 18.9 Å². The van der Waals surface area contributed by atoms with Crippen LogP contribution in [-0.2, 0) is 51.0 Å². The Morgan fingerprint density at radius 1 is 1.09 bits per heavy atom. The van der Waals surface area contributed by atoms with Crippen molar-refractivity contribution < 1.29 is 22.8 Å². The molecule has 0 radical (unpaired) electrons. The van der Waals surface area contributed by atoms with Gasteiger partial charge in [-0.25, -0.2) is 0 Å². The highest BCUT2D eigenvalue weighted by Gasteiger charge is 2.39. The molecule has 3 heterocycles. The standard InChI is InChI=1S/C21H25F3N8O2/c1-30-11-13(9-26-30)8-25-20(34)18-15(10-27-31(18)2)28-17(33)12-32-16-7-5-3-4-6-14(16)19(29-32)21(22,23)24/h9-11H,3-8,12H2,1-2H3,(H,25,34)(H,28,33). The number of nitrogens with zero attached hydrogens (tertiary/aromatic N) is 6. The first kappa shape index (κ1) is 23.5. The number of nitrogens with one attached hydrogen (secondary N) is 2. The van der Waals surface area contributed by atoms with E-state index < -0.39 is 30.2 Å². The van der Waals surface area contributed by atoms with Gasteiger partial charge in [-0.3, -0.25) is 23.6 Å². The molecule has 0 atom stereocenters. The van der Waals surface area contributed by atoms with Crippen molar-refractivity contribution in [1.82, 2.24) is 34.7 Å². The average molecular weight is 478 g/mol. The largest absolute Gasteiger partial charge is 0.435 e. The minimum absolute atomic E-state index is 0.118. The van der Waals surface area contributed by atoms with Crippen LogP contribution in [0.2, 0.25) is 0 Å². The third kappa shape index (κ3) is 4.97. The Morgan fingerprint density at radius 3 is 2.56 bits per heavy atom. The van der Waals surface area contributed by atoms with Crippen LogP contribution in [0.1, 0.15) is 52.3 Å². The molecule has 182 valence electrons. The number of fused-ring (bicyclic) bond motifs is 1. The van der Waals surface area contributed by atoms with Crippen LogP contribution in [0.25, 0.3) is 0 Å². The van der Waals surface area contributed by atoms with E-state index in [9.17, 15) is 22.8 Å². The molecule has 34 heavy (non-hydrogen) atoms. The molecule has 0 fully saturated rings. The van der Waals surface area contributed by atoms with Gasteiger partial charge < -0.3 is 10.6 Å². The average Bonchev–Trinajstić information content (AvgIpc) is 3.38. The summed E-state index contributed by atoms with van der Waals surface area (Å²) in [5.41, 5.74) is 0.769. The first-order valence-electron chi connectivity index (χ1n) is 10.9. The fraction of sp³-hybridized carbons (Fsp3) is 0.476. The molecule has 0 bridgehead atoms. The van der Waals surface area contributed by atoms with E-state index in [2.05, 4.69) is 25.9 Å². The van der Waals surface area contributed by atoms with Crippen LogP contribution in [-0.4, -0.2) is 41.2 Å². The zero-order valence-electron chi connectivity index (χ0n) is 18.8. The summed E-state index contributed by atoms with van der Waals surface area (Å²) in [5.74, 6) is -1.07. The first-order valence-corrected chi connectivity index (χ1v) is 10.9. The van der Waals surface area contributed by atoms with Gasteiger partial charge in [0, 0.05) is 43.7 Å². The van der Waals surface area contributed by atoms with Gasteiger partial charge in [0.15, 0.2) is 5.69 Å². The summed E-state index contributed by atoms with van der Waals surface area (Å²) >= 11 is 0. The Bertz CT molecular complexity index is 1210. The molecule has 4 rings (SSSR count). The molecule has 0 unspecified atom stereocenters. The summed E-state index contributed by atoms with van der Waals surface area (Å²) in [4.78, 5) is 25.5. The Hall–Kier alpha value is -3.64. The summed E-state index contributed by atoms with van der Waals surface area (Å²) in [6, 6.07) is 0. The van der Waals surface area contributed by atoms with Gasteiger partial charge in [0.2, 0.25) is 5.91 Å². The fourth-order valence-corrected chi connectivity index (χ4v) is 4.16. The molecule has 0 saturated carbocycles. The fourth-order valence-electron chi connectivity index (χ4n) is 4.16. The van der Waals surface area contributed by atoms with Crippen molar-refractivity contribution in [3.63, 3.8) is 0 Å². The number of halogens is 3. The van der Waals surface area contributed by atoms with Crippen molar-refractivity contribution in [2.45, 2.75) is 51.4 Å². The number of alkyl halides is 3. The van der Waals surface area contributed by atoms with Gasteiger partial charge in [-0.1, -0.05) is 6.42 Å². The van der Waals surface area contributed by atoms with Crippen LogP contribution in [0.3, 0.4) is 0 Å². The highest BCUT2D eigenvalue weighted by Crippen LogP contribution is 2.35. The molecule has 10 nitrogen and oxygen atoms in total. The maximum atomic E-state index is 13.5. The Morgan fingerprint density at radius 2 is 1.85 bits per heavy atom. The molecule has 1 aliphatic rings. The number of hydrogen-bond donors (Lipinski definition) is 2. The van der Waals surface area contributed by atoms with Crippen LogP contribution < -0.4 is 10.6 Å². The third-order valence-corrected chi connectivity index (χ3v) is 5.71. The Balaban J connectivity index is 1.49. The number of carbonyl (C=O) groups excluding carboxylic acids is 2. The summed E-state index contributed by atoms with van der Waals surface area (Å²) < 4.78 is 44.6. The maximum absolute atomic E-state index is 13.5. The molecule has 0 saturated heterocycles. The molecule has 0 aliphatic heterocycles. The summed E-state index contributed by atoms with van der Waals surface area (Å²) in [6.45, 7) is -0.172. The predicted molar refractivity (Wildman–Crippen MR) is 115 cm³/mol. The zero-order chi connectivity index (χ0) is 24.5. The predicted octanol–water partition coefficient (Wildman–Crippen LogP) is 2.21. The molecule has 0 spiro atoms. The second kappa shape index (κ2) is 9.31. The number of carbonyl (C=O) groups is 2. The summed E-state index contributed by atoms with van der Waals surface area (Å²) in [6.07, 6.45) is 3.05. The second-order valence-corrected chi connectivity index (χ2v) is 8.27. The van der Waals surface area contributed by atoms with Gasteiger partial charge in [0.25, 0.3) is 5.91 Å². The minimum atomic E-state index is -4.58. The molecular weight excluding hydrogens is 453 g/mol. The van der Waals surface area contributed by atoms with Gasteiger partial charge >= 0.3 is 6.18 Å². The number of aryl methyl sites for hydroxylation is 2. The van der Waals surface area contributed by atoms with E-state index in [-0.39, 0.29) is 29.9 Å². The van der Waals surface area contributed by atoms with E-state index in [4.69, 9.17) is 0 Å². The van der Waals surface area contributed by atoms with Gasteiger partial charge in [-0.15, -0.1) is 0 Å². The monoisotopic (exact) mass is 478 g/mol. The van der Waals surface area contributed by atoms with Crippen molar-refractivity contribution in [3.05, 3.63) is 46.8 Å². The molecule has 13 heteroatoms. The Kier molecular flexibility index (Phi) is 6.44. The van der Waals surface area contributed by atoms with Gasteiger partial charge in [-0.2, -0.15) is 28.5 Å². The molecule has 2 N–H and O–H groups in total. The number of hydrogen-bond acceptors (Lipinski definition) is 5. The number of anilines is 1. The van der Waals surface area contributed by atoms with Gasteiger partial charge in [0.05, 0.1) is 18.1 Å². The lowest BCUT2D eigenvalue weighted by Crippen LogP contribution is -2.27. The number of rotatable bonds is 6. The highest BCUT2D eigenvalue weighted by molar-refractivity contribution is 6.02. The van der Waals surface area contributed by atoms with Crippen molar-refractivity contribution in [2.75, 3.05) is 5.32 Å². The van der Waals surface area contributed by atoms with Crippen LogP contribution >= 0.6 is 0 Å². The molecule has 2 amide bonds. The van der Waals surface area contributed by atoms with Crippen LogP contribution in [0.15, 0.2) is 18.6 Å². The van der Waals surface area contributed by atoms with Gasteiger partial charge in [-0.05, 0) is 25.7 Å². The lowest BCUT2D eigenvalue weighted by molar-refractivity contribution is -0.142. The SMILES string of the molecule is Cn1cc(CNC(=O)c2c(NC(=O)Cn3nc(C(F)(F)F)c4c3CCCCC4)cnn2C)cn1. The quantitative estimate of drug-likeness (QED) is 0.528. The molecule has 0 aromatic carbocycles. The third-order valence-electron chi connectivity index (χ3n) is 5.71. The van der Waals surface area contributed by atoms with E-state index >= 15 is 0 Å². The minimum Gasteiger partial charge on any atom is -0.346 e. The first-order chi connectivity index (χ1) is 16.1. The van der Waals surface area contributed by atoms with E-state index in [1.165, 1.54) is 10.9 Å². The van der Waals surface area contributed by atoms with Crippen molar-refractivity contribution in [3.8, 4) is 0 Å². The highest BCUT2D eigenvalue weighted by atomic mass is 19.4. The molecule has 3 aromatic heterocycles. The molecule has 3 aromatic rings. The summed E-state index contributed by atoms with van der Waals surface area (Å²) in [7, 11) is 3.31. The van der Waals surface area contributed by atoms with E-state index in [0.717, 1.165) is 23.1 Å². The molecule has 1 aliphatic carbocycles. The lowest BCUT2D eigenvalue weighted by atomic mass is 10.1. The van der Waals surface area contributed by atoms with Crippen molar-refractivity contribution in [1.29, 1.82) is 0 Å². The Labute approximate surface area is 193 Å². The number of aromatic nitrogens is 6. The van der Waals surface area contributed by atoms with E-state index in [1.54, 1.807) is 31.2 Å². The zero-order valence-corrected chi connectivity index (χ0v) is 18.8. The number of amides is 2.